The summed E-state index contributed by atoms with van der Waals surface area (Å²) in [5.74, 6) is -1.80. The number of nitrogens with one attached hydrogen (secondary N) is 2. The minimum Gasteiger partial charge on any atom is -0.390 e. The number of aromatic nitrogens is 1. The van der Waals surface area contributed by atoms with Crippen molar-refractivity contribution in [2.45, 2.75) is 45.0 Å². The third kappa shape index (κ3) is 7.72. The molecule has 1 heterocycles. The van der Waals surface area contributed by atoms with E-state index in [-0.39, 0.29) is 18.9 Å². The number of benzene rings is 3. The molecule has 3 N–H and O–H groups in total. The number of aliphatic hydroxyl groups is 1. The number of hydrogen-bond acceptors (Lipinski definition) is 4. The van der Waals surface area contributed by atoms with Crippen molar-refractivity contribution in [2.24, 2.45) is 0 Å². The number of fused-ring (bicyclic) bond motifs is 1. The molecule has 1 aromatic heterocycles. The van der Waals surface area contributed by atoms with Crippen LogP contribution >= 0.6 is 0 Å². The van der Waals surface area contributed by atoms with Crippen LogP contribution in [-0.2, 0) is 30.7 Å². The highest BCUT2D eigenvalue weighted by atomic mass is 19.1. The van der Waals surface area contributed by atoms with Crippen LogP contribution in [0.5, 0.6) is 0 Å². The first-order valence-electron chi connectivity index (χ1n) is 13.2. The number of ether oxygens (including phenoxy) is 1. The van der Waals surface area contributed by atoms with E-state index in [0.29, 0.717) is 30.8 Å². The Kier molecular flexibility index (Phi) is 9.81. The normalized spacial score (nSPS) is 12.9. The van der Waals surface area contributed by atoms with E-state index >= 15 is 0 Å². The van der Waals surface area contributed by atoms with Gasteiger partial charge in [0.05, 0.1) is 18.8 Å². The van der Waals surface area contributed by atoms with Gasteiger partial charge in [0.1, 0.15) is 11.6 Å². The molecule has 0 unspecified atom stereocenters. The number of methoxy groups -OCH3 is 1. The van der Waals surface area contributed by atoms with Crippen LogP contribution in [0.4, 0.5) is 8.78 Å². The summed E-state index contributed by atoms with van der Waals surface area (Å²) in [5.41, 5.74) is 3.96. The number of amides is 1. The summed E-state index contributed by atoms with van der Waals surface area (Å²) in [5, 5.41) is 18.2. The molecule has 0 fully saturated rings. The summed E-state index contributed by atoms with van der Waals surface area (Å²) >= 11 is 0. The molecule has 1 amide bonds. The molecule has 0 aliphatic heterocycles. The Morgan fingerprint density at radius 3 is 2.51 bits per heavy atom. The molecule has 4 rings (SSSR count). The molecule has 0 saturated carbocycles. The maximum absolute atomic E-state index is 13.9. The van der Waals surface area contributed by atoms with Gasteiger partial charge >= 0.3 is 0 Å². The SMILES string of the molecule is CCc1cccc(CNC[C@H](O)[C@H](Cc2cc(F)cc(F)c2)NC(=O)c2ccc3ccn(CCOC)c3c2)c1. The largest absolute Gasteiger partial charge is 0.390 e. The molecule has 39 heavy (non-hydrogen) atoms. The highest BCUT2D eigenvalue weighted by Gasteiger charge is 2.23. The van der Waals surface area contributed by atoms with Crippen molar-refractivity contribution in [1.82, 2.24) is 15.2 Å². The molecule has 4 aromatic rings. The van der Waals surface area contributed by atoms with E-state index in [4.69, 9.17) is 4.74 Å². The van der Waals surface area contributed by atoms with Gasteiger partial charge in [-0.1, -0.05) is 37.3 Å². The highest BCUT2D eigenvalue weighted by Crippen LogP contribution is 2.19. The van der Waals surface area contributed by atoms with Gasteiger partial charge in [-0.05, 0) is 65.3 Å². The maximum Gasteiger partial charge on any atom is 0.251 e. The first-order valence-corrected chi connectivity index (χ1v) is 13.2. The van der Waals surface area contributed by atoms with E-state index in [1.165, 1.54) is 17.7 Å². The second kappa shape index (κ2) is 13.5. The number of rotatable bonds is 13. The Morgan fingerprint density at radius 2 is 1.77 bits per heavy atom. The zero-order valence-corrected chi connectivity index (χ0v) is 22.3. The third-order valence-corrected chi connectivity index (χ3v) is 6.81. The van der Waals surface area contributed by atoms with Gasteiger partial charge < -0.3 is 25.0 Å². The molecule has 0 saturated heterocycles. The van der Waals surface area contributed by atoms with Gasteiger partial charge in [-0.15, -0.1) is 0 Å². The standard InChI is InChI=1S/C31H35F2N3O3/c1-3-21-5-4-6-22(13-21)19-34-20-30(37)28(16-23-14-26(32)18-27(33)15-23)35-31(38)25-8-7-24-9-10-36(11-12-39-2)29(24)17-25/h4-10,13-15,17-18,28,30,34,37H,3,11-12,16,19-20H2,1-2H3,(H,35,38)/t28-,30-/m0/s1. The van der Waals surface area contributed by atoms with Crippen LogP contribution in [0.1, 0.15) is 34.0 Å². The Hall–Kier alpha value is -3.59. The molecule has 6 nitrogen and oxygen atoms in total. The molecule has 0 radical (unpaired) electrons. The monoisotopic (exact) mass is 535 g/mol. The van der Waals surface area contributed by atoms with Crippen molar-refractivity contribution in [3.05, 3.63) is 107 Å². The number of carbonyl (C=O) groups excluding carboxylic acids is 1. The summed E-state index contributed by atoms with van der Waals surface area (Å²) in [7, 11) is 1.64. The number of carbonyl (C=O) groups is 1. The molecule has 0 spiro atoms. The van der Waals surface area contributed by atoms with Crippen molar-refractivity contribution in [3.63, 3.8) is 0 Å². The van der Waals surface area contributed by atoms with Gasteiger partial charge in [0.25, 0.3) is 5.91 Å². The fraction of sp³-hybridized carbons (Fsp3) is 0.323. The summed E-state index contributed by atoms with van der Waals surface area (Å²) in [6.07, 6.45) is 1.92. The summed E-state index contributed by atoms with van der Waals surface area (Å²) in [6.45, 7) is 3.99. The lowest BCUT2D eigenvalue weighted by atomic mass is 10.00. The van der Waals surface area contributed by atoms with Crippen LogP contribution in [0.25, 0.3) is 10.9 Å². The topological polar surface area (TPSA) is 75.5 Å². The van der Waals surface area contributed by atoms with Gasteiger partial charge in [0.15, 0.2) is 0 Å². The zero-order valence-electron chi connectivity index (χ0n) is 22.3. The van der Waals surface area contributed by atoms with Gasteiger partial charge in [0, 0.05) is 50.1 Å². The molecule has 0 aliphatic rings. The van der Waals surface area contributed by atoms with Gasteiger partial charge in [-0.25, -0.2) is 8.78 Å². The van der Waals surface area contributed by atoms with Crippen LogP contribution in [0.3, 0.4) is 0 Å². The highest BCUT2D eigenvalue weighted by molar-refractivity contribution is 5.98. The van der Waals surface area contributed by atoms with E-state index in [1.807, 2.05) is 35.0 Å². The van der Waals surface area contributed by atoms with E-state index in [0.717, 1.165) is 29.0 Å². The molecule has 206 valence electrons. The fourth-order valence-corrected chi connectivity index (χ4v) is 4.69. The number of hydrogen-bond donors (Lipinski definition) is 3. The van der Waals surface area contributed by atoms with Crippen molar-refractivity contribution in [1.29, 1.82) is 0 Å². The first kappa shape index (κ1) is 28.4. The summed E-state index contributed by atoms with van der Waals surface area (Å²) in [4.78, 5) is 13.3. The fourth-order valence-electron chi connectivity index (χ4n) is 4.69. The van der Waals surface area contributed by atoms with Crippen LogP contribution in [-0.4, -0.2) is 48.0 Å². The van der Waals surface area contributed by atoms with E-state index in [1.54, 1.807) is 19.2 Å². The van der Waals surface area contributed by atoms with Crippen molar-refractivity contribution in [3.8, 4) is 0 Å². The lowest BCUT2D eigenvalue weighted by Gasteiger charge is -2.25. The Morgan fingerprint density at radius 1 is 1.00 bits per heavy atom. The molecular weight excluding hydrogens is 500 g/mol. The van der Waals surface area contributed by atoms with Gasteiger partial charge in [0.2, 0.25) is 0 Å². The van der Waals surface area contributed by atoms with Crippen LogP contribution in [0, 0.1) is 11.6 Å². The minimum absolute atomic E-state index is 0.0566. The molecule has 8 heteroatoms. The first-order chi connectivity index (χ1) is 18.9. The Bertz CT molecular complexity index is 1380. The van der Waals surface area contributed by atoms with Crippen molar-refractivity contribution < 1.29 is 23.4 Å². The number of aryl methyl sites for hydroxylation is 1. The lowest BCUT2D eigenvalue weighted by Crippen LogP contribution is -2.48. The molecular formula is C31H35F2N3O3. The number of halogens is 2. The minimum atomic E-state index is -1.01. The van der Waals surface area contributed by atoms with E-state index < -0.39 is 23.8 Å². The predicted octanol–water partition coefficient (Wildman–Crippen LogP) is 4.62. The lowest BCUT2D eigenvalue weighted by molar-refractivity contribution is 0.0830. The average molecular weight is 536 g/mol. The van der Waals surface area contributed by atoms with Gasteiger partial charge in [-0.3, -0.25) is 4.79 Å². The zero-order chi connectivity index (χ0) is 27.8. The van der Waals surface area contributed by atoms with Gasteiger partial charge in [-0.2, -0.15) is 0 Å². The Labute approximate surface area is 227 Å². The molecule has 0 aliphatic carbocycles. The van der Waals surface area contributed by atoms with Crippen molar-refractivity contribution >= 4 is 16.8 Å². The summed E-state index contributed by atoms with van der Waals surface area (Å²) < 4.78 is 35.0. The number of aliphatic hydroxyl groups excluding tert-OH is 1. The smallest absolute Gasteiger partial charge is 0.251 e. The molecule has 2 atom stereocenters. The predicted molar refractivity (Wildman–Crippen MR) is 149 cm³/mol. The number of nitrogens with zero attached hydrogens (tertiary/aromatic N) is 1. The average Bonchev–Trinajstić information content (AvgIpc) is 3.33. The van der Waals surface area contributed by atoms with Crippen LogP contribution in [0.15, 0.2) is 72.9 Å². The second-order valence-electron chi connectivity index (χ2n) is 9.71. The van der Waals surface area contributed by atoms with E-state index in [2.05, 4.69) is 29.7 Å². The van der Waals surface area contributed by atoms with Crippen molar-refractivity contribution in [2.75, 3.05) is 20.3 Å². The molecule has 0 bridgehead atoms. The summed E-state index contributed by atoms with van der Waals surface area (Å²) in [6, 6.07) is 18.0. The van der Waals surface area contributed by atoms with Crippen LogP contribution in [0.2, 0.25) is 0 Å². The second-order valence-corrected chi connectivity index (χ2v) is 9.71. The van der Waals surface area contributed by atoms with E-state index in [9.17, 15) is 18.7 Å². The quantitative estimate of drug-likeness (QED) is 0.234. The third-order valence-electron chi connectivity index (χ3n) is 6.81. The van der Waals surface area contributed by atoms with Crippen LogP contribution < -0.4 is 10.6 Å². The molecule has 3 aromatic carbocycles. The maximum atomic E-state index is 13.9. The Balaban J connectivity index is 1.50.